The van der Waals surface area contributed by atoms with Crippen molar-refractivity contribution < 1.29 is 19.4 Å². The smallest absolute Gasteiger partial charge is 0.303 e. The fourth-order valence-corrected chi connectivity index (χ4v) is 2.40. The summed E-state index contributed by atoms with van der Waals surface area (Å²) in [6.07, 6.45) is 1.30. The highest BCUT2D eigenvalue weighted by atomic mass is 16.5. The average molecular weight is 314 g/mol. The zero-order valence-corrected chi connectivity index (χ0v) is 13.3. The van der Waals surface area contributed by atoms with Crippen LogP contribution in [0.5, 0.6) is 5.75 Å². The lowest BCUT2D eigenvalue weighted by atomic mass is 10.0. The number of methoxy groups -OCH3 is 1. The van der Waals surface area contributed by atoms with Crippen LogP contribution in [0.1, 0.15) is 36.5 Å². The Bertz CT molecular complexity index is 610. The highest BCUT2D eigenvalue weighted by molar-refractivity contribution is 5.66. The van der Waals surface area contributed by atoms with Gasteiger partial charge in [0.05, 0.1) is 6.10 Å². The van der Waals surface area contributed by atoms with Gasteiger partial charge in [-0.25, -0.2) is 0 Å². The molecule has 0 unspecified atom stereocenters. The van der Waals surface area contributed by atoms with Gasteiger partial charge in [0.1, 0.15) is 12.4 Å². The van der Waals surface area contributed by atoms with Gasteiger partial charge in [0.2, 0.25) is 0 Å². The van der Waals surface area contributed by atoms with Crippen molar-refractivity contribution in [1.29, 1.82) is 0 Å². The first kappa shape index (κ1) is 17.0. The summed E-state index contributed by atoms with van der Waals surface area (Å²) in [7, 11) is 1.64. The molecular weight excluding hydrogens is 292 g/mol. The molecule has 0 aliphatic carbocycles. The van der Waals surface area contributed by atoms with E-state index in [9.17, 15) is 4.79 Å². The quantitative estimate of drug-likeness (QED) is 0.753. The topological polar surface area (TPSA) is 55.8 Å². The van der Waals surface area contributed by atoms with Gasteiger partial charge in [-0.15, -0.1) is 0 Å². The van der Waals surface area contributed by atoms with E-state index in [1.165, 1.54) is 0 Å². The number of aliphatic carboxylic acids is 1. The minimum atomic E-state index is -0.778. The van der Waals surface area contributed by atoms with Gasteiger partial charge in [-0.3, -0.25) is 4.79 Å². The van der Waals surface area contributed by atoms with Crippen molar-refractivity contribution in [2.45, 2.75) is 32.0 Å². The standard InChI is InChI=1S/C19H22O4/c1-22-18(11-6-12-19(20)21)16-9-5-10-17(13-16)23-14-15-7-3-2-4-8-15/h2-5,7-10,13,18H,6,11-12,14H2,1H3,(H,20,21)/t18-/m0/s1. The fraction of sp³-hybridized carbons (Fsp3) is 0.316. The van der Waals surface area contributed by atoms with Gasteiger partial charge in [-0.1, -0.05) is 42.5 Å². The molecular formula is C19H22O4. The van der Waals surface area contributed by atoms with E-state index >= 15 is 0 Å². The van der Waals surface area contributed by atoms with Crippen molar-refractivity contribution in [3.8, 4) is 5.75 Å². The Morgan fingerprint density at radius 1 is 1.13 bits per heavy atom. The van der Waals surface area contributed by atoms with Crippen LogP contribution in [-0.2, 0) is 16.1 Å². The molecule has 0 saturated heterocycles. The Hall–Kier alpha value is -2.33. The Balaban J connectivity index is 1.95. The monoisotopic (exact) mass is 314 g/mol. The lowest BCUT2D eigenvalue weighted by Gasteiger charge is -2.16. The van der Waals surface area contributed by atoms with E-state index in [1.54, 1.807) is 7.11 Å². The van der Waals surface area contributed by atoms with Crippen molar-refractivity contribution in [1.82, 2.24) is 0 Å². The predicted molar refractivity (Wildman–Crippen MR) is 88.5 cm³/mol. The molecule has 1 atom stereocenters. The zero-order valence-electron chi connectivity index (χ0n) is 13.3. The third-order valence-electron chi connectivity index (χ3n) is 3.62. The maximum Gasteiger partial charge on any atom is 0.303 e. The van der Waals surface area contributed by atoms with E-state index in [0.717, 1.165) is 16.9 Å². The van der Waals surface area contributed by atoms with Crippen LogP contribution in [0.25, 0.3) is 0 Å². The number of benzene rings is 2. The molecule has 0 aliphatic heterocycles. The van der Waals surface area contributed by atoms with Gasteiger partial charge >= 0.3 is 5.97 Å². The maximum atomic E-state index is 10.6. The minimum Gasteiger partial charge on any atom is -0.489 e. The van der Waals surface area contributed by atoms with Crippen molar-refractivity contribution in [2.75, 3.05) is 7.11 Å². The third kappa shape index (κ3) is 5.75. The molecule has 23 heavy (non-hydrogen) atoms. The van der Waals surface area contributed by atoms with Crippen LogP contribution < -0.4 is 4.74 Å². The van der Waals surface area contributed by atoms with E-state index in [1.807, 2.05) is 54.6 Å². The summed E-state index contributed by atoms with van der Waals surface area (Å²) in [5.74, 6) is 0.00596. The third-order valence-corrected chi connectivity index (χ3v) is 3.62. The van der Waals surface area contributed by atoms with Crippen molar-refractivity contribution in [2.24, 2.45) is 0 Å². The summed E-state index contributed by atoms with van der Waals surface area (Å²) in [4.78, 5) is 10.6. The normalized spacial score (nSPS) is 11.9. The van der Waals surface area contributed by atoms with Gasteiger partial charge in [0.25, 0.3) is 0 Å². The molecule has 0 spiro atoms. The number of rotatable bonds is 9. The second-order valence-corrected chi connectivity index (χ2v) is 5.36. The molecule has 2 aromatic rings. The molecule has 4 heteroatoms. The molecule has 0 radical (unpaired) electrons. The van der Waals surface area contributed by atoms with Crippen LogP contribution in [0.4, 0.5) is 0 Å². The number of carbonyl (C=O) groups is 1. The molecule has 2 rings (SSSR count). The van der Waals surface area contributed by atoms with Crippen LogP contribution >= 0.6 is 0 Å². The predicted octanol–water partition coefficient (Wildman–Crippen LogP) is 4.21. The van der Waals surface area contributed by atoms with E-state index in [0.29, 0.717) is 19.4 Å². The van der Waals surface area contributed by atoms with Crippen molar-refractivity contribution in [3.05, 3.63) is 65.7 Å². The molecule has 0 saturated carbocycles. The molecule has 1 N–H and O–H groups in total. The van der Waals surface area contributed by atoms with Crippen LogP contribution in [0.2, 0.25) is 0 Å². The molecule has 0 aromatic heterocycles. The number of ether oxygens (including phenoxy) is 2. The molecule has 2 aromatic carbocycles. The van der Waals surface area contributed by atoms with Crippen molar-refractivity contribution in [3.63, 3.8) is 0 Å². The summed E-state index contributed by atoms with van der Waals surface area (Å²) in [5, 5.41) is 8.73. The highest BCUT2D eigenvalue weighted by Crippen LogP contribution is 2.26. The van der Waals surface area contributed by atoms with Gasteiger partial charge in [-0.2, -0.15) is 0 Å². The average Bonchev–Trinajstić information content (AvgIpc) is 2.58. The van der Waals surface area contributed by atoms with E-state index < -0.39 is 5.97 Å². The molecule has 0 amide bonds. The van der Waals surface area contributed by atoms with Gasteiger partial charge in [-0.05, 0) is 36.1 Å². The molecule has 122 valence electrons. The lowest BCUT2D eigenvalue weighted by molar-refractivity contribution is -0.137. The number of hydrogen-bond donors (Lipinski definition) is 1. The van der Waals surface area contributed by atoms with Crippen LogP contribution in [0.3, 0.4) is 0 Å². The SMILES string of the molecule is CO[C@@H](CCCC(=O)O)c1cccc(OCc2ccccc2)c1. The maximum absolute atomic E-state index is 10.6. The van der Waals surface area contributed by atoms with Gasteiger partial charge in [0, 0.05) is 13.5 Å². The number of carboxylic acids is 1. The van der Waals surface area contributed by atoms with Gasteiger partial charge in [0.15, 0.2) is 0 Å². The second kappa shape index (κ2) is 8.96. The Morgan fingerprint density at radius 3 is 2.61 bits per heavy atom. The second-order valence-electron chi connectivity index (χ2n) is 5.36. The molecule has 0 aliphatic rings. The largest absolute Gasteiger partial charge is 0.489 e. The zero-order chi connectivity index (χ0) is 16.5. The van der Waals surface area contributed by atoms with Crippen LogP contribution in [0.15, 0.2) is 54.6 Å². The first-order valence-corrected chi connectivity index (χ1v) is 7.70. The fourth-order valence-electron chi connectivity index (χ4n) is 2.40. The summed E-state index contributed by atoms with van der Waals surface area (Å²) in [6, 6.07) is 17.8. The van der Waals surface area contributed by atoms with E-state index in [4.69, 9.17) is 14.6 Å². The Morgan fingerprint density at radius 2 is 1.91 bits per heavy atom. The lowest BCUT2D eigenvalue weighted by Crippen LogP contribution is -2.04. The Labute approximate surface area is 136 Å². The molecule has 4 nitrogen and oxygen atoms in total. The first-order valence-electron chi connectivity index (χ1n) is 7.70. The van der Waals surface area contributed by atoms with Gasteiger partial charge < -0.3 is 14.6 Å². The number of hydrogen-bond acceptors (Lipinski definition) is 3. The Kier molecular flexibility index (Phi) is 6.63. The van der Waals surface area contributed by atoms with Crippen LogP contribution in [0, 0.1) is 0 Å². The van der Waals surface area contributed by atoms with Crippen LogP contribution in [-0.4, -0.2) is 18.2 Å². The number of carboxylic acid groups (broad SMARTS) is 1. The summed E-state index contributed by atoms with van der Waals surface area (Å²) in [5.41, 5.74) is 2.12. The minimum absolute atomic E-state index is 0.116. The summed E-state index contributed by atoms with van der Waals surface area (Å²) < 4.78 is 11.3. The molecule has 0 fully saturated rings. The summed E-state index contributed by atoms with van der Waals surface area (Å²) >= 11 is 0. The first-order chi connectivity index (χ1) is 11.2. The summed E-state index contributed by atoms with van der Waals surface area (Å²) in [6.45, 7) is 0.515. The van der Waals surface area contributed by atoms with E-state index in [-0.39, 0.29) is 12.5 Å². The highest BCUT2D eigenvalue weighted by Gasteiger charge is 2.12. The molecule has 0 bridgehead atoms. The molecule has 0 heterocycles. The van der Waals surface area contributed by atoms with Crippen molar-refractivity contribution >= 4 is 5.97 Å². The van der Waals surface area contributed by atoms with E-state index in [2.05, 4.69) is 0 Å².